The molecule has 0 aromatic carbocycles. The highest BCUT2D eigenvalue weighted by atomic mass is 16.6. The van der Waals surface area contributed by atoms with E-state index in [1.54, 1.807) is 4.90 Å². The first kappa shape index (κ1) is 19.0. The van der Waals surface area contributed by atoms with Crippen molar-refractivity contribution in [2.24, 2.45) is 10.9 Å². The Balaban J connectivity index is 1.69. The molecule has 0 aromatic heterocycles. The van der Waals surface area contributed by atoms with Crippen molar-refractivity contribution in [2.45, 2.75) is 64.3 Å². The zero-order valence-electron chi connectivity index (χ0n) is 15.9. The molecule has 0 saturated carbocycles. The summed E-state index contributed by atoms with van der Waals surface area (Å²) < 4.78 is 5.42. The van der Waals surface area contributed by atoms with Gasteiger partial charge in [-0.3, -0.25) is 9.79 Å². The molecule has 144 valence electrons. The van der Waals surface area contributed by atoms with Crippen LogP contribution in [0.2, 0.25) is 0 Å². The molecule has 0 bridgehead atoms. The van der Waals surface area contributed by atoms with Gasteiger partial charge in [0, 0.05) is 36.7 Å². The Labute approximate surface area is 153 Å². The number of aliphatic hydroxyl groups excluding tert-OH is 1. The first-order valence-electron chi connectivity index (χ1n) is 9.19. The van der Waals surface area contributed by atoms with Crippen LogP contribution < -0.4 is 0 Å². The zero-order valence-corrected chi connectivity index (χ0v) is 15.9. The number of carbonyl (C=O) groups is 2. The lowest BCUT2D eigenvalue weighted by molar-refractivity contribution is -0.138. The van der Waals surface area contributed by atoms with Gasteiger partial charge in [-0.2, -0.15) is 0 Å². The van der Waals surface area contributed by atoms with Crippen molar-refractivity contribution in [3.05, 3.63) is 11.1 Å². The summed E-state index contributed by atoms with van der Waals surface area (Å²) in [4.78, 5) is 30.4. The summed E-state index contributed by atoms with van der Waals surface area (Å²) in [5, 5.41) is 20.9. The van der Waals surface area contributed by atoms with E-state index in [-0.39, 0.29) is 24.2 Å². The van der Waals surface area contributed by atoms with E-state index in [1.807, 2.05) is 20.8 Å². The monoisotopic (exact) mass is 364 g/mol. The topological polar surface area (TPSA) is 99.4 Å². The van der Waals surface area contributed by atoms with E-state index in [4.69, 9.17) is 4.74 Å². The molecule has 0 aromatic rings. The molecule has 0 spiro atoms. The molecular weight excluding hydrogens is 336 g/mol. The molecule has 2 N–H and O–H groups in total. The van der Waals surface area contributed by atoms with Gasteiger partial charge in [-0.05, 0) is 46.1 Å². The van der Waals surface area contributed by atoms with Crippen molar-refractivity contribution in [1.29, 1.82) is 0 Å². The first-order chi connectivity index (χ1) is 12.0. The first-order valence-corrected chi connectivity index (χ1v) is 9.19. The number of amides is 1. The Morgan fingerprint density at radius 1 is 1.31 bits per heavy atom. The van der Waals surface area contributed by atoms with Gasteiger partial charge >= 0.3 is 6.09 Å². The summed E-state index contributed by atoms with van der Waals surface area (Å²) in [6, 6.07) is 0. The summed E-state index contributed by atoms with van der Waals surface area (Å²) in [5.74, 6) is -0.252. The molecule has 2 unspecified atom stereocenters. The maximum absolute atomic E-state index is 12.2. The Morgan fingerprint density at radius 2 is 1.92 bits per heavy atom. The van der Waals surface area contributed by atoms with Crippen molar-refractivity contribution < 1.29 is 24.5 Å². The summed E-state index contributed by atoms with van der Waals surface area (Å²) in [7, 11) is 0. The molecule has 3 rings (SSSR count). The molecule has 1 amide bonds. The third-order valence-corrected chi connectivity index (χ3v) is 5.31. The van der Waals surface area contributed by atoms with Gasteiger partial charge in [0.25, 0.3) is 0 Å². The maximum Gasteiger partial charge on any atom is 0.410 e. The van der Waals surface area contributed by atoms with Crippen LogP contribution in [-0.2, 0) is 9.53 Å². The lowest BCUT2D eigenvalue weighted by Gasteiger charge is -2.38. The van der Waals surface area contributed by atoms with Crippen LogP contribution in [0.1, 0.15) is 47.0 Å². The maximum atomic E-state index is 12.2. The smallest absolute Gasteiger partial charge is 0.410 e. The largest absolute Gasteiger partial charge is 0.444 e. The zero-order chi connectivity index (χ0) is 19.3. The molecule has 1 saturated heterocycles. The molecule has 1 fully saturated rings. The van der Waals surface area contributed by atoms with Crippen LogP contribution in [0, 0.1) is 5.92 Å². The van der Waals surface area contributed by atoms with Crippen molar-refractivity contribution in [1.82, 2.24) is 4.90 Å². The second kappa shape index (κ2) is 6.46. The van der Waals surface area contributed by atoms with Crippen molar-refractivity contribution in [3.8, 4) is 0 Å². The lowest BCUT2D eigenvalue weighted by atomic mass is 9.73. The highest BCUT2D eigenvalue weighted by molar-refractivity contribution is 6.09. The Hall–Kier alpha value is -1.73. The predicted octanol–water partition coefficient (Wildman–Crippen LogP) is 1.47. The minimum Gasteiger partial charge on any atom is -0.444 e. The molecular formula is C19H28N2O5. The predicted molar refractivity (Wildman–Crippen MR) is 96.1 cm³/mol. The van der Waals surface area contributed by atoms with E-state index in [1.165, 1.54) is 6.92 Å². The number of nitrogens with zero attached hydrogens (tertiary/aromatic N) is 2. The fourth-order valence-corrected chi connectivity index (χ4v) is 4.03. The van der Waals surface area contributed by atoms with Crippen molar-refractivity contribution >= 4 is 17.6 Å². The number of carbonyl (C=O) groups excluding carboxylic acids is 2. The molecule has 0 radical (unpaired) electrons. The number of aliphatic imine (C=N–C) groups is 1. The molecule has 7 heteroatoms. The third kappa shape index (κ3) is 3.42. The normalized spacial score (nSPS) is 30.4. The van der Waals surface area contributed by atoms with Gasteiger partial charge in [-0.25, -0.2) is 4.79 Å². The van der Waals surface area contributed by atoms with Gasteiger partial charge in [0.15, 0.2) is 5.78 Å². The number of hydrogen-bond acceptors (Lipinski definition) is 6. The van der Waals surface area contributed by atoms with Gasteiger partial charge in [-0.1, -0.05) is 0 Å². The average Bonchev–Trinajstić information content (AvgIpc) is 2.96. The highest BCUT2D eigenvalue weighted by Crippen LogP contribution is 2.40. The number of likely N-dealkylation sites (tertiary alicyclic amines) is 1. The number of hydrogen-bond donors (Lipinski definition) is 2. The van der Waals surface area contributed by atoms with Crippen LogP contribution in [0.15, 0.2) is 16.1 Å². The minimum absolute atomic E-state index is 0.105. The summed E-state index contributed by atoms with van der Waals surface area (Å²) >= 11 is 0. The highest BCUT2D eigenvalue weighted by Gasteiger charge is 2.49. The Bertz CT molecular complexity index is 679. The molecule has 2 atom stereocenters. The Morgan fingerprint density at radius 3 is 2.50 bits per heavy atom. The van der Waals surface area contributed by atoms with Gasteiger partial charge in [0.05, 0.1) is 6.54 Å². The fourth-order valence-electron chi connectivity index (χ4n) is 4.03. The van der Waals surface area contributed by atoms with Gasteiger partial charge in [-0.15, -0.1) is 0 Å². The molecule has 2 heterocycles. The number of ether oxygens (including phenoxy) is 1. The number of piperidine rings is 1. The number of aliphatic hydroxyl groups is 2. The minimum atomic E-state index is -1.59. The van der Waals surface area contributed by atoms with Crippen molar-refractivity contribution in [3.63, 3.8) is 0 Å². The van der Waals surface area contributed by atoms with Gasteiger partial charge < -0.3 is 19.8 Å². The molecule has 7 nitrogen and oxygen atoms in total. The molecule has 3 aliphatic rings. The molecule has 1 aliphatic carbocycles. The fraction of sp³-hybridized carbons (Fsp3) is 0.737. The van der Waals surface area contributed by atoms with E-state index < -0.39 is 17.3 Å². The summed E-state index contributed by atoms with van der Waals surface area (Å²) in [6.07, 6.45) is -0.137. The second-order valence-electron chi connectivity index (χ2n) is 8.61. The van der Waals surface area contributed by atoms with Crippen LogP contribution >= 0.6 is 0 Å². The molecule has 2 aliphatic heterocycles. The summed E-state index contributed by atoms with van der Waals surface area (Å²) in [6.45, 7) is 8.55. The van der Waals surface area contributed by atoms with Crippen LogP contribution in [-0.4, -0.2) is 69.6 Å². The Kier molecular flexibility index (Phi) is 4.73. The second-order valence-corrected chi connectivity index (χ2v) is 8.61. The van der Waals surface area contributed by atoms with Crippen LogP contribution in [0.3, 0.4) is 0 Å². The van der Waals surface area contributed by atoms with Gasteiger partial charge in [0.2, 0.25) is 0 Å². The van der Waals surface area contributed by atoms with Crippen molar-refractivity contribution in [2.75, 3.05) is 19.6 Å². The summed E-state index contributed by atoms with van der Waals surface area (Å²) in [5.41, 5.74) is 0.130. The molecule has 26 heavy (non-hydrogen) atoms. The van der Waals surface area contributed by atoms with Crippen LogP contribution in [0.5, 0.6) is 0 Å². The van der Waals surface area contributed by atoms with E-state index in [2.05, 4.69) is 4.99 Å². The third-order valence-electron chi connectivity index (χ3n) is 5.31. The average molecular weight is 364 g/mol. The van der Waals surface area contributed by atoms with E-state index in [0.29, 0.717) is 25.2 Å². The van der Waals surface area contributed by atoms with Crippen LogP contribution in [0.4, 0.5) is 4.79 Å². The van der Waals surface area contributed by atoms with E-state index in [9.17, 15) is 19.8 Å². The number of Topliss-reactive ketones (excluding diaryl/α,β-unsaturated/α-hetero) is 1. The number of rotatable bonds is 1. The number of ketones is 1. The SMILES string of the molecule is CC(C)(C)OC(=O)N1CCC(C2=NCC3=C2C(C)(O)C(O)C(=O)C3)CC1. The van der Waals surface area contributed by atoms with Crippen LogP contribution in [0.25, 0.3) is 0 Å². The quantitative estimate of drug-likeness (QED) is 0.734. The standard InChI is InChI=1S/C19H28N2O5/c1-18(2,3)26-17(24)21-7-5-11(6-8-21)15-14-12(10-20-15)9-13(22)16(23)19(14,4)25/h11,16,23,25H,5-10H2,1-4H3. The van der Waals surface area contributed by atoms with Gasteiger partial charge in [0.1, 0.15) is 17.3 Å². The van der Waals surface area contributed by atoms with E-state index >= 15 is 0 Å². The van der Waals surface area contributed by atoms with E-state index in [0.717, 1.165) is 24.1 Å². The lowest BCUT2D eigenvalue weighted by Crippen LogP contribution is -2.52.